The third-order valence-electron chi connectivity index (χ3n) is 4.29. The fourth-order valence-corrected chi connectivity index (χ4v) is 2.91. The molecule has 146 valence electrons. The van der Waals surface area contributed by atoms with Crippen LogP contribution < -0.4 is 10.9 Å². The standard InChI is InChI=1S/C20H18N6O3/c1-13-18(26-12-6-5-9-15(26)21-13)19(28)24-22-16(27)10-11-17-23-25-20(29-17)14-7-3-2-4-8-14/h2-9,12H,10-11H2,1H3,(H,22,27)(H,24,28). The number of fused-ring (bicyclic) bond motifs is 1. The van der Waals surface area contributed by atoms with Gasteiger partial charge in [-0.3, -0.25) is 24.8 Å². The Morgan fingerprint density at radius 2 is 1.83 bits per heavy atom. The van der Waals surface area contributed by atoms with Crippen LogP contribution in [-0.2, 0) is 11.2 Å². The summed E-state index contributed by atoms with van der Waals surface area (Å²) in [5, 5.41) is 7.93. The number of nitrogens with one attached hydrogen (secondary N) is 2. The van der Waals surface area contributed by atoms with E-state index in [1.165, 1.54) is 0 Å². The van der Waals surface area contributed by atoms with Crippen LogP contribution in [0.4, 0.5) is 0 Å². The Balaban J connectivity index is 1.32. The van der Waals surface area contributed by atoms with Crippen LogP contribution in [0, 0.1) is 6.92 Å². The molecule has 3 aromatic heterocycles. The fraction of sp³-hybridized carbons (Fsp3) is 0.150. The van der Waals surface area contributed by atoms with E-state index in [0.717, 1.165) is 5.56 Å². The Kier molecular flexibility index (Phi) is 5.02. The average molecular weight is 390 g/mol. The Bertz CT molecular complexity index is 1170. The van der Waals surface area contributed by atoms with Gasteiger partial charge in [0.1, 0.15) is 11.3 Å². The lowest BCUT2D eigenvalue weighted by Crippen LogP contribution is -2.42. The minimum Gasteiger partial charge on any atom is -0.421 e. The molecule has 0 fully saturated rings. The Morgan fingerprint density at radius 1 is 1.03 bits per heavy atom. The zero-order valence-corrected chi connectivity index (χ0v) is 15.6. The van der Waals surface area contributed by atoms with Crippen molar-refractivity contribution in [3.8, 4) is 11.5 Å². The summed E-state index contributed by atoms with van der Waals surface area (Å²) in [5.41, 5.74) is 7.23. The average Bonchev–Trinajstić information content (AvgIpc) is 3.35. The number of aromatic nitrogens is 4. The van der Waals surface area contributed by atoms with Crippen molar-refractivity contribution < 1.29 is 14.0 Å². The number of amides is 2. The predicted molar refractivity (Wildman–Crippen MR) is 104 cm³/mol. The van der Waals surface area contributed by atoms with Gasteiger partial charge in [0.05, 0.1) is 5.69 Å². The van der Waals surface area contributed by atoms with Crippen molar-refractivity contribution in [2.45, 2.75) is 19.8 Å². The highest BCUT2D eigenvalue weighted by Gasteiger charge is 2.17. The summed E-state index contributed by atoms with van der Waals surface area (Å²) in [5.74, 6) is -0.0663. The van der Waals surface area contributed by atoms with Crippen molar-refractivity contribution in [1.82, 2.24) is 30.4 Å². The van der Waals surface area contributed by atoms with Crippen molar-refractivity contribution in [1.29, 1.82) is 0 Å². The van der Waals surface area contributed by atoms with Crippen LogP contribution in [0.3, 0.4) is 0 Å². The summed E-state index contributed by atoms with van der Waals surface area (Å²) in [4.78, 5) is 28.9. The number of pyridine rings is 1. The van der Waals surface area contributed by atoms with Gasteiger partial charge in [0.15, 0.2) is 0 Å². The highest BCUT2D eigenvalue weighted by atomic mass is 16.4. The van der Waals surface area contributed by atoms with E-state index in [9.17, 15) is 9.59 Å². The lowest BCUT2D eigenvalue weighted by Gasteiger charge is -2.07. The molecule has 0 atom stereocenters. The van der Waals surface area contributed by atoms with Crippen LogP contribution in [0.25, 0.3) is 17.1 Å². The molecule has 2 amide bonds. The SMILES string of the molecule is Cc1nc2ccccn2c1C(=O)NNC(=O)CCc1nnc(-c2ccccc2)o1. The highest BCUT2D eigenvalue weighted by molar-refractivity contribution is 5.95. The number of rotatable bonds is 5. The largest absolute Gasteiger partial charge is 0.421 e. The minimum atomic E-state index is -0.446. The van der Waals surface area contributed by atoms with E-state index in [4.69, 9.17) is 4.42 Å². The van der Waals surface area contributed by atoms with Gasteiger partial charge in [-0.1, -0.05) is 24.3 Å². The molecule has 0 radical (unpaired) electrons. The van der Waals surface area contributed by atoms with E-state index >= 15 is 0 Å². The lowest BCUT2D eigenvalue weighted by molar-refractivity contribution is -0.121. The lowest BCUT2D eigenvalue weighted by atomic mass is 10.2. The predicted octanol–water partition coefficient (Wildman–Crippen LogP) is 2.09. The van der Waals surface area contributed by atoms with Crippen LogP contribution in [0.1, 0.15) is 28.5 Å². The Morgan fingerprint density at radius 3 is 2.66 bits per heavy atom. The molecule has 0 unspecified atom stereocenters. The first-order valence-corrected chi connectivity index (χ1v) is 9.02. The van der Waals surface area contributed by atoms with Crippen molar-refractivity contribution in [2.24, 2.45) is 0 Å². The van der Waals surface area contributed by atoms with Gasteiger partial charge in [-0.25, -0.2) is 4.98 Å². The molecule has 29 heavy (non-hydrogen) atoms. The molecule has 9 nitrogen and oxygen atoms in total. The molecule has 3 heterocycles. The molecule has 0 aliphatic carbocycles. The number of aryl methyl sites for hydroxylation is 2. The molecule has 9 heteroatoms. The van der Waals surface area contributed by atoms with Crippen molar-refractivity contribution in [3.63, 3.8) is 0 Å². The van der Waals surface area contributed by atoms with Gasteiger partial charge in [0, 0.05) is 24.6 Å². The van der Waals surface area contributed by atoms with E-state index < -0.39 is 5.91 Å². The highest BCUT2D eigenvalue weighted by Crippen LogP contribution is 2.17. The first kappa shape index (κ1) is 18.4. The third-order valence-corrected chi connectivity index (χ3v) is 4.29. The summed E-state index contributed by atoms with van der Waals surface area (Å²) in [7, 11) is 0. The maximum absolute atomic E-state index is 12.5. The van der Waals surface area contributed by atoms with Gasteiger partial charge in [-0.05, 0) is 31.2 Å². The van der Waals surface area contributed by atoms with Gasteiger partial charge in [-0.15, -0.1) is 10.2 Å². The number of imidazole rings is 1. The zero-order valence-electron chi connectivity index (χ0n) is 15.6. The molecule has 0 aliphatic rings. The molecule has 0 saturated carbocycles. The summed E-state index contributed by atoms with van der Waals surface area (Å²) in [6.07, 6.45) is 2.09. The molecular weight excluding hydrogens is 372 g/mol. The summed E-state index contributed by atoms with van der Waals surface area (Å²) >= 11 is 0. The number of carbonyl (C=O) groups excluding carboxylic acids is 2. The smallest absolute Gasteiger partial charge is 0.288 e. The van der Waals surface area contributed by atoms with Crippen molar-refractivity contribution >= 4 is 17.5 Å². The maximum atomic E-state index is 12.5. The summed E-state index contributed by atoms with van der Waals surface area (Å²) in [6.45, 7) is 1.74. The van der Waals surface area contributed by atoms with Gasteiger partial charge < -0.3 is 4.42 Å². The van der Waals surface area contributed by atoms with Gasteiger partial charge in [0.2, 0.25) is 17.7 Å². The Hall–Kier alpha value is -4.01. The minimum absolute atomic E-state index is 0.0861. The quantitative estimate of drug-likeness (QED) is 0.504. The van der Waals surface area contributed by atoms with E-state index in [0.29, 0.717) is 28.8 Å². The zero-order chi connectivity index (χ0) is 20.2. The Labute approximate surface area is 165 Å². The van der Waals surface area contributed by atoms with E-state index in [1.54, 1.807) is 29.7 Å². The van der Waals surface area contributed by atoms with Gasteiger partial charge in [-0.2, -0.15) is 0 Å². The fourth-order valence-electron chi connectivity index (χ4n) is 2.91. The molecule has 2 N–H and O–H groups in total. The van der Waals surface area contributed by atoms with Crippen LogP contribution in [-0.4, -0.2) is 31.4 Å². The first-order chi connectivity index (χ1) is 14.1. The molecule has 0 saturated heterocycles. The number of hydrogen-bond acceptors (Lipinski definition) is 6. The number of benzene rings is 1. The number of carbonyl (C=O) groups is 2. The van der Waals surface area contributed by atoms with E-state index in [2.05, 4.69) is 26.0 Å². The van der Waals surface area contributed by atoms with E-state index in [1.807, 2.05) is 36.4 Å². The molecule has 0 bridgehead atoms. The molecule has 0 aliphatic heterocycles. The molecule has 0 spiro atoms. The third kappa shape index (κ3) is 3.98. The second-order valence-corrected chi connectivity index (χ2v) is 6.34. The maximum Gasteiger partial charge on any atom is 0.288 e. The summed E-state index contributed by atoms with van der Waals surface area (Å²) < 4.78 is 7.23. The monoisotopic (exact) mass is 390 g/mol. The van der Waals surface area contributed by atoms with Crippen molar-refractivity contribution in [3.05, 3.63) is 72.0 Å². The second-order valence-electron chi connectivity index (χ2n) is 6.34. The number of hydrogen-bond donors (Lipinski definition) is 2. The molecule has 1 aromatic carbocycles. The number of hydrazine groups is 1. The van der Waals surface area contributed by atoms with Gasteiger partial charge >= 0.3 is 0 Å². The second kappa shape index (κ2) is 7.93. The van der Waals surface area contributed by atoms with Crippen LogP contribution in [0.5, 0.6) is 0 Å². The number of nitrogens with zero attached hydrogens (tertiary/aromatic N) is 4. The summed E-state index contributed by atoms with van der Waals surface area (Å²) in [6, 6.07) is 14.8. The van der Waals surface area contributed by atoms with Crippen LogP contribution >= 0.6 is 0 Å². The van der Waals surface area contributed by atoms with E-state index in [-0.39, 0.29) is 18.7 Å². The molecule has 4 aromatic rings. The van der Waals surface area contributed by atoms with Gasteiger partial charge in [0.25, 0.3) is 5.91 Å². The van der Waals surface area contributed by atoms with Crippen molar-refractivity contribution in [2.75, 3.05) is 0 Å². The first-order valence-electron chi connectivity index (χ1n) is 9.02. The topological polar surface area (TPSA) is 114 Å². The van der Waals surface area contributed by atoms with Crippen LogP contribution in [0.15, 0.2) is 59.1 Å². The normalized spacial score (nSPS) is 10.8. The molecular formula is C20H18N6O3. The van der Waals surface area contributed by atoms with Crippen LogP contribution in [0.2, 0.25) is 0 Å². The molecule has 4 rings (SSSR count).